The van der Waals surface area contributed by atoms with Crippen LogP contribution in [0.4, 0.5) is 0 Å². The van der Waals surface area contributed by atoms with E-state index in [9.17, 15) is 4.79 Å². The van der Waals surface area contributed by atoms with Gasteiger partial charge in [0.25, 0.3) is 5.91 Å². The van der Waals surface area contributed by atoms with Crippen LogP contribution in [0.2, 0.25) is 5.02 Å². The molecule has 1 aliphatic heterocycles. The van der Waals surface area contributed by atoms with Crippen molar-refractivity contribution in [3.05, 3.63) is 89.1 Å². The Kier molecular flexibility index (Phi) is 5.54. The molecule has 1 aromatic heterocycles. The molecule has 1 amide bonds. The average Bonchev–Trinajstić information content (AvgIpc) is 3.34. The van der Waals surface area contributed by atoms with Gasteiger partial charge in [0, 0.05) is 30.2 Å². The highest BCUT2D eigenvalue weighted by atomic mass is 35.5. The number of carbonyl (C=O) groups is 1. The van der Waals surface area contributed by atoms with Crippen molar-refractivity contribution in [3.8, 4) is 22.6 Å². The van der Waals surface area contributed by atoms with E-state index in [0.717, 1.165) is 53.5 Å². The summed E-state index contributed by atoms with van der Waals surface area (Å²) in [6.07, 6.45) is 4.00. The van der Waals surface area contributed by atoms with Crippen LogP contribution in [0.25, 0.3) is 22.0 Å². The highest BCUT2D eigenvalue weighted by molar-refractivity contribution is 6.35. The van der Waals surface area contributed by atoms with Gasteiger partial charge in [0.2, 0.25) is 0 Å². The highest BCUT2D eigenvalue weighted by Gasteiger charge is 2.20. The number of fused-ring (bicyclic) bond motifs is 1. The molecule has 0 aliphatic carbocycles. The lowest BCUT2D eigenvalue weighted by Crippen LogP contribution is -2.27. The van der Waals surface area contributed by atoms with Crippen molar-refractivity contribution in [2.24, 2.45) is 0 Å². The summed E-state index contributed by atoms with van der Waals surface area (Å²) in [6.45, 7) is 3.70. The number of hydrogen-bond acceptors (Lipinski definition) is 3. The van der Waals surface area contributed by atoms with Crippen molar-refractivity contribution in [1.82, 2.24) is 9.88 Å². The molecule has 4 nitrogen and oxygen atoms in total. The number of halogens is 1. The van der Waals surface area contributed by atoms with Crippen molar-refractivity contribution in [2.75, 3.05) is 13.1 Å². The summed E-state index contributed by atoms with van der Waals surface area (Å²) in [5.41, 5.74) is 4.62. The van der Waals surface area contributed by atoms with Gasteiger partial charge in [-0.05, 0) is 72.9 Å². The number of pyridine rings is 1. The van der Waals surface area contributed by atoms with Crippen molar-refractivity contribution >= 4 is 28.4 Å². The normalized spacial score (nSPS) is 13.5. The van der Waals surface area contributed by atoms with Crippen molar-refractivity contribution in [1.29, 1.82) is 0 Å². The minimum atomic E-state index is 0.0671. The number of carbonyl (C=O) groups excluding carboxylic acids is 1. The van der Waals surface area contributed by atoms with E-state index in [2.05, 4.69) is 11.1 Å². The maximum atomic E-state index is 12.7. The van der Waals surface area contributed by atoms with Gasteiger partial charge in [-0.3, -0.25) is 9.78 Å². The van der Waals surface area contributed by atoms with Crippen LogP contribution in [0.5, 0.6) is 11.5 Å². The second-order valence-corrected chi connectivity index (χ2v) is 8.52. The molecule has 4 aromatic rings. The Morgan fingerprint density at radius 2 is 1.69 bits per heavy atom. The Hall–Kier alpha value is -3.37. The molecule has 0 saturated carbocycles. The third-order valence-electron chi connectivity index (χ3n) is 5.87. The first-order chi connectivity index (χ1) is 15.6. The molecule has 0 bridgehead atoms. The molecule has 0 spiro atoms. The Labute approximate surface area is 192 Å². The zero-order chi connectivity index (χ0) is 22.1. The van der Waals surface area contributed by atoms with E-state index >= 15 is 0 Å². The highest BCUT2D eigenvalue weighted by Crippen LogP contribution is 2.35. The van der Waals surface area contributed by atoms with Gasteiger partial charge in [-0.2, -0.15) is 0 Å². The number of likely N-dealkylation sites (tertiary alicyclic amines) is 1. The van der Waals surface area contributed by atoms with Gasteiger partial charge < -0.3 is 9.64 Å². The zero-order valence-electron chi connectivity index (χ0n) is 17.8. The number of aromatic nitrogens is 1. The van der Waals surface area contributed by atoms with Gasteiger partial charge in [-0.25, -0.2) is 0 Å². The standard InChI is InChI=1S/C27H23ClN2O2/c1-18-17-29-26-23(11-6-12-24(26)28)25(18)19-7-4-9-21(15-19)32-22-10-5-8-20(16-22)27(31)30-13-2-3-14-30/h4-12,15-17H,2-3,13-14H2,1H3. The molecule has 1 saturated heterocycles. The maximum absolute atomic E-state index is 12.7. The van der Waals surface area contributed by atoms with Gasteiger partial charge in [-0.15, -0.1) is 0 Å². The summed E-state index contributed by atoms with van der Waals surface area (Å²) in [5.74, 6) is 1.42. The fourth-order valence-electron chi connectivity index (χ4n) is 4.32. The topological polar surface area (TPSA) is 42.4 Å². The van der Waals surface area contributed by atoms with Crippen LogP contribution in [0.1, 0.15) is 28.8 Å². The molecule has 0 radical (unpaired) electrons. The molecule has 5 rings (SSSR count). The molecular formula is C27H23ClN2O2. The first kappa shape index (κ1) is 20.5. The van der Waals surface area contributed by atoms with E-state index in [1.54, 1.807) is 0 Å². The summed E-state index contributed by atoms with van der Waals surface area (Å²) < 4.78 is 6.16. The summed E-state index contributed by atoms with van der Waals surface area (Å²) in [7, 11) is 0. The fourth-order valence-corrected chi connectivity index (χ4v) is 4.54. The van der Waals surface area contributed by atoms with Crippen molar-refractivity contribution in [2.45, 2.75) is 19.8 Å². The average molecular weight is 443 g/mol. The van der Waals surface area contributed by atoms with Crippen LogP contribution in [0, 0.1) is 6.92 Å². The monoisotopic (exact) mass is 442 g/mol. The Morgan fingerprint density at radius 3 is 2.50 bits per heavy atom. The Morgan fingerprint density at radius 1 is 0.969 bits per heavy atom. The van der Waals surface area contributed by atoms with Crippen LogP contribution >= 0.6 is 11.6 Å². The molecule has 0 N–H and O–H groups in total. The lowest BCUT2D eigenvalue weighted by Gasteiger charge is -2.16. The van der Waals surface area contributed by atoms with E-state index in [1.165, 1.54) is 0 Å². The number of amides is 1. The number of ether oxygens (including phenoxy) is 1. The van der Waals surface area contributed by atoms with Gasteiger partial charge >= 0.3 is 0 Å². The minimum Gasteiger partial charge on any atom is -0.457 e. The van der Waals surface area contributed by atoms with Crippen molar-refractivity contribution < 1.29 is 9.53 Å². The molecule has 3 aromatic carbocycles. The van der Waals surface area contributed by atoms with E-state index in [0.29, 0.717) is 22.1 Å². The van der Waals surface area contributed by atoms with Crippen molar-refractivity contribution in [3.63, 3.8) is 0 Å². The van der Waals surface area contributed by atoms with Gasteiger partial charge in [0.1, 0.15) is 11.5 Å². The number of nitrogens with zero attached hydrogens (tertiary/aromatic N) is 2. The third-order valence-corrected chi connectivity index (χ3v) is 6.18. The lowest BCUT2D eigenvalue weighted by atomic mass is 9.97. The molecule has 32 heavy (non-hydrogen) atoms. The number of aryl methyl sites for hydroxylation is 1. The number of benzene rings is 3. The largest absolute Gasteiger partial charge is 0.457 e. The van der Waals surface area contributed by atoms with Gasteiger partial charge in [0.15, 0.2) is 0 Å². The van der Waals surface area contributed by atoms with E-state index < -0.39 is 0 Å². The molecule has 160 valence electrons. The van der Waals surface area contributed by atoms with Crippen LogP contribution in [0.3, 0.4) is 0 Å². The van der Waals surface area contributed by atoms with E-state index in [4.69, 9.17) is 16.3 Å². The number of hydrogen-bond donors (Lipinski definition) is 0. The zero-order valence-corrected chi connectivity index (χ0v) is 18.6. The van der Waals surface area contributed by atoms with Gasteiger partial charge in [0.05, 0.1) is 10.5 Å². The summed E-state index contributed by atoms with van der Waals surface area (Å²) in [5, 5.41) is 1.64. The van der Waals surface area contributed by atoms with Crippen LogP contribution in [0.15, 0.2) is 72.9 Å². The first-order valence-corrected chi connectivity index (χ1v) is 11.2. The van der Waals surface area contributed by atoms with Gasteiger partial charge in [-0.1, -0.05) is 41.9 Å². The first-order valence-electron chi connectivity index (χ1n) is 10.8. The lowest BCUT2D eigenvalue weighted by molar-refractivity contribution is 0.0792. The SMILES string of the molecule is Cc1cnc2c(Cl)cccc2c1-c1cccc(Oc2cccc(C(=O)N3CCCC3)c2)c1. The number of para-hydroxylation sites is 1. The Bertz CT molecular complexity index is 1310. The fraction of sp³-hybridized carbons (Fsp3) is 0.185. The summed E-state index contributed by atoms with van der Waals surface area (Å²) in [4.78, 5) is 19.2. The smallest absolute Gasteiger partial charge is 0.253 e. The van der Waals surface area contributed by atoms with Crippen LogP contribution < -0.4 is 4.74 Å². The molecule has 1 aliphatic rings. The molecule has 5 heteroatoms. The summed E-state index contributed by atoms with van der Waals surface area (Å²) >= 11 is 6.38. The second-order valence-electron chi connectivity index (χ2n) is 8.11. The molecule has 0 atom stereocenters. The quantitative estimate of drug-likeness (QED) is 0.345. The van der Waals surface area contributed by atoms with Crippen LogP contribution in [-0.4, -0.2) is 28.9 Å². The minimum absolute atomic E-state index is 0.0671. The van der Waals surface area contributed by atoms with E-state index in [-0.39, 0.29) is 5.91 Å². The van der Waals surface area contributed by atoms with E-state index in [1.807, 2.05) is 78.7 Å². The molecule has 0 unspecified atom stereocenters. The third kappa shape index (κ3) is 3.94. The number of rotatable bonds is 4. The predicted octanol–water partition coefficient (Wildman–Crippen LogP) is 6.89. The maximum Gasteiger partial charge on any atom is 0.253 e. The summed E-state index contributed by atoms with van der Waals surface area (Å²) in [6, 6.07) is 21.2. The predicted molar refractivity (Wildman–Crippen MR) is 129 cm³/mol. The molecule has 1 fully saturated rings. The molecular weight excluding hydrogens is 420 g/mol. The second kappa shape index (κ2) is 8.64. The molecule has 2 heterocycles. The Balaban J connectivity index is 1.47. The van der Waals surface area contributed by atoms with Crippen LogP contribution in [-0.2, 0) is 0 Å².